The van der Waals surface area contributed by atoms with Crippen LogP contribution in [0.15, 0.2) is 0 Å². The van der Waals surface area contributed by atoms with Crippen LogP contribution in [0.25, 0.3) is 0 Å². The first-order valence-electron chi connectivity index (χ1n) is 7.39. The molecular formula is C15H23ClN2O. The second kappa shape index (κ2) is 7.09. The average molecular weight is 283 g/mol. The summed E-state index contributed by atoms with van der Waals surface area (Å²) in [5, 5.41) is 0.540. The summed E-state index contributed by atoms with van der Waals surface area (Å²) in [6.07, 6.45) is 8.53. The van der Waals surface area contributed by atoms with Gasteiger partial charge in [0.15, 0.2) is 0 Å². The Morgan fingerprint density at radius 2 is 1.89 bits per heavy atom. The molecule has 4 heteroatoms. The van der Waals surface area contributed by atoms with Gasteiger partial charge in [-0.05, 0) is 26.2 Å². The molecule has 1 aliphatic carbocycles. The number of nitrogens with zero attached hydrogens (tertiary/aromatic N) is 2. The predicted molar refractivity (Wildman–Crippen MR) is 78.0 cm³/mol. The summed E-state index contributed by atoms with van der Waals surface area (Å²) in [6, 6.07) is 0. The lowest BCUT2D eigenvalue weighted by atomic mass is 10.2. The van der Waals surface area contributed by atoms with E-state index in [2.05, 4.69) is 16.9 Å². The van der Waals surface area contributed by atoms with Crippen molar-refractivity contribution >= 4 is 11.6 Å². The van der Waals surface area contributed by atoms with Crippen LogP contribution in [0.5, 0.6) is 5.88 Å². The van der Waals surface area contributed by atoms with Gasteiger partial charge in [0.2, 0.25) is 5.88 Å². The lowest BCUT2D eigenvalue weighted by Gasteiger charge is -2.10. The third-order valence-corrected chi connectivity index (χ3v) is 3.86. The normalized spacial score (nSPS) is 14.7. The Morgan fingerprint density at radius 1 is 1.16 bits per heavy atom. The van der Waals surface area contributed by atoms with E-state index >= 15 is 0 Å². The van der Waals surface area contributed by atoms with Gasteiger partial charge < -0.3 is 4.74 Å². The van der Waals surface area contributed by atoms with E-state index < -0.39 is 0 Å². The average Bonchev–Trinajstić information content (AvgIpc) is 3.22. The van der Waals surface area contributed by atoms with E-state index in [1.54, 1.807) is 0 Å². The highest BCUT2D eigenvalue weighted by Crippen LogP contribution is 2.39. The minimum atomic E-state index is 0.505. The Balaban J connectivity index is 1.84. The van der Waals surface area contributed by atoms with Gasteiger partial charge in [0.1, 0.15) is 11.0 Å². The lowest BCUT2D eigenvalue weighted by molar-refractivity contribution is 0.289. The molecule has 0 N–H and O–H groups in total. The molecule has 1 heterocycles. The zero-order valence-corrected chi connectivity index (χ0v) is 12.7. The second-order valence-electron chi connectivity index (χ2n) is 5.34. The molecule has 0 radical (unpaired) electrons. The molecule has 0 spiro atoms. The Kier molecular flexibility index (Phi) is 5.44. The van der Waals surface area contributed by atoms with Crippen molar-refractivity contribution in [3.63, 3.8) is 0 Å². The van der Waals surface area contributed by atoms with E-state index in [0.717, 1.165) is 24.4 Å². The monoisotopic (exact) mass is 282 g/mol. The molecule has 1 aromatic rings. The topological polar surface area (TPSA) is 35.0 Å². The van der Waals surface area contributed by atoms with Crippen LogP contribution in [0.1, 0.15) is 69.2 Å². The summed E-state index contributed by atoms with van der Waals surface area (Å²) in [4.78, 5) is 8.85. The minimum absolute atomic E-state index is 0.505. The fraction of sp³-hybridized carbons (Fsp3) is 0.733. The molecule has 0 aliphatic heterocycles. The van der Waals surface area contributed by atoms with Gasteiger partial charge in [0.25, 0.3) is 0 Å². The van der Waals surface area contributed by atoms with E-state index in [4.69, 9.17) is 16.3 Å². The van der Waals surface area contributed by atoms with Crippen molar-refractivity contribution in [2.75, 3.05) is 6.61 Å². The quantitative estimate of drug-likeness (QED) is 0.513. The first kappa shape index (κ1) is 14.6. The second-order valence-corrected chi connectivity index (χ2v) is 5.70. The summed E-state index contributed by atoms with van der Waals surface area (Å²) in [5.74, 6) is 2.04. The summed E-state index contributed by atoms with van der Waals surface area (Å²) >= 11 is 6.14. The highest BCUT2D eigenvalue weighted by Gasteiger charge is 2.28. The predicted octanol–water partition coefficient (Wildman–Crippen LogP) is 4.67. The molecule has 1 fully saturated rings. The van der Waals surface area contributed by atoms with Crippen molar-refractivity contribution in [2.24, 2.45) is 0 Å². The standard InChI is InChI=1S/C15H23ClN2O/c1-3-4-5-6-7-10-19-15-11(2)13(16)17-14(18-15)12-8-9-12/h12H,3-10H2,1-2H3. The number of ether oxygens (including phenoxy) is 1. The lowest BCUT2D eigenvalue weighted by Crippen LogP contribution is -2.05. The van der Waals surface area contributed by atoms with Gasteiger partial charge >= 0.3 is 0 Å². The summed E-state index contributed by atoms with van der Waals surface area (Å²) in [7, 11) is 0. The number of hydrogen-bond acceptors (Lipinski definition) is 3. The van der Waals surface area contributed by atoms with Crippen LogP contribution in [-0.2, 0) is 0 Å². The van der Waals surface area contributed by atoms with E-state index in [1.807, 2.05) is 6.92 Å². The van der Waals surface area contributed by atoms with Gasteiger partial charge in [0.05, 0.1) is 6.61 Å². The molecule has 0 saturated heterocycles. The van der Waals surface area contributed by atoms with E-state index in [1.165, 1.54) is 38.5 Å². The highest BCUT2D eigenvalue weighted by atomic mass is 35.5. The van der Waals surface area contributed by atoms with E-state index in [0.29, 0.717) is 17.0 Å². The SMILES string of the molecule is CCCCCCCOc1nc(C2CC2)nc(Cl)c1C. The third-order valence-electron chi connectivity index (χ3n) is 3.49. The Hall–Kier alpha value is -0.830. The summed E-state index contributed by atoms with van der Waals surface area (Å²) in [5.41, 5.74) is 0.861. The fourth-order valence-electron chi connectivity index (χ4n) is 2.02. The van der Waals surface area contributed by atoms with Gasteiger partial charge in [-0.1, -0.05) is 44.2 Å². The van der Waals surface area contributed by atoms with Crippen LogP contribution >= 0.6 is 11.6 Å². The molecule has 1 saturated carbocycles. The smallest absolute Gasteiger partial charge is 0.221 e. The number of unbranched alkanes of at least 4 members (excludes halogenated alkanes) is 4. The van der Waals surface area contributed by atoms with Crippen LogP contribution in [0.3, 0.4) is 0 Å². The molecule has 106 valence electrons. The van der Waals surface area contributed by atoms with E-state index in [9.17, 15) is 0 Å². The van der Waals surface area contributed by atoms with E-state index in [-0.39, 0.29) is 0 Å². The van der Waals surface area contributed by atoms with Crippen LogP contribution < -0.4 is 4.74 Å². The number of hydrogen-bond donors (Lipinski definition) is 0. The van der Waals surface area contributed by atoms with Crippen molar-refractivity contribution in [3.05, 3.63) is 16.5 Å². The molecule has 0 bridgehead atoms. The molecule has 1 aliphatic rings. The van der Waals surface area contributed by atoms with Gasteiger partial charge in [-0.3, -0.25) is 0 Å². The van der Waals surface area contributed by atoms with Crippen LogP contribution in [0, 0.1) is 6.92 Å². The Labute approximate surface area is 120 Å². The molecule has 0 unspecified atom stereocenters. The largest absolute Gasteiger partial charge is 0.477 e. The first-order chi connectivity index (χ1) is 9.22. The molecular weight excluding hydrogens is 260 g/mol. The zero-order chi connectivity index (χ0) is 13.7. The molecule has 3 nitrogen and oxygen atoms in total. The maximum absolute atomic E-state index is 6.14. The van der Waals surface area contributed by atoms with Crippen molar-refractivity contribution < 1.29 is 4.74 Å². The molecule has 0 amide bonds. The van der Waals surface area contributed by atoms with Crippen molar-refractivity contribution in [1.29, 1.82) is 0 Å². The molecule has 19 heavy (non-hydrogen) atoms. The molecule has 0 atom stereocenters. The fourth-order valence-corrected chi connectivity index (χ4v) is 2.19. The van der Waals surface area contributed by atoms with Gasteiger partial charge in [-0.25, -0.2) is 4.98 Å². The Morgan fingerprint density at radius 3 is 2.58 bits per heavy atom. The van der Waals surface area contributed by atoms with Gasteiger partial charge in [-0.2, -0.15) is 4.98 Å². The number of rotatable bonds is 8. The highest BCUT2D eigenvalue weighted by molar-refractivity contribution is 6.30. The van der Waals surface area contributed by atoms with Gasteiger partial charge in [-0.15, -0.1) is 0 Å². The third kappa shape index (κ3) is 4.34. The number of aromatic nitrogens is 2. The van der Waals surface area contributed by atoms with Crippen molar-refractivity contribution in [2.45, 2.75) is 64.7 Å². The number of halogens is 1. The van der Waals surface area contributed by atoms with Crippen LogP contribution in [0.2, 0.25) is 5.15 Å². The maximum Gasteiger partial charge on any atom is 0.221 e. The van der Waals surface area contributed by atoms with Crippen molar-refractivity contribution in [3.8, 4) is 5.88 Å². The molecule has 0 aromatic carbocycles. The van der Waals surface area contributed by atoms with Crippen molar-refractivity contribution in [1.82, 2.24) is 9.97 Å². The molecule has 2 rings (SSSR count). The summed E-state index contributed by atoms with van der Waals surface area (Å²) in [6.45, 7) is 4.87. The van der Waals surface area contributed by atoms with Crippen LogP contribution in [-0.4, -0.2) is 16.6 Å². The maximum atomic E-state index is 6.14. The Bertz CT molecular complexity index is 419. The van der Waals surface area contributed by atoms with Crippen LogP contribution in [0.4, 0.5) is 0 Å². The zero-order valence-electron chi connectivity index (χ0n) is 11.9. The van der Waals surface area contributed by atoms with Gasteiger partial charge in [0, 0.05) is 11.5 Å². The first-order valence-corrected chi connectivity index (χ1v) is 7.77. The summed E-state index contributed by atoms with van der Waals surface area (Å²) < 4.78 is 5.78. The minimum Gasteiger partial charge on any atom is -0.477 e. The molecule has 1 aromatic heterocycles.